The molecular weight excluding hydrogens is 347 g/mol. The minimum Gasteiger partial charge on any atom is -0.492 e. The number of hydrogen-bond donors (Lipinski definition) is 0. The van der Waals surface area contributed by atoms with Gasteiger partial charge < -0.3 is 9.64 Å². The average molecular weight is 365 g/mol. The van der Waals surface area contributed by atoms with Crippen LogP contribution in [-0.2, 0) is 20.8 Å². The van der Waals surface area contributed by atoms with Gasteiger partial charge in [-0.2, -0.15) is 13.2 Å². The number of benzene rings is 1. The van der Waals surface area contributed by atoms with Crippen molar-refractivity contribution in [2.45, 2.75) is 24.3 Å². The van der Waals surface area contributed by atoms with Crippen LogP contribution in [0.5, 0.6) is 5.75 Å². The Morgan fingerprint density at radius 3 is 2.42 bits per heavy atom. The monoisotopic (exact) mass is 365 g/mol. The third kappa shape index (κ3) is 4.40. The number of halogens is 3. The normalized spacial score (nSPS) is 19.9. The molecule has 1 heterocycles. The number of nitrogens with zero attached hydrogens (tertiary/aromatic N) is 1. The summed E-state index contributed by atoms with van der Waals surface area (Å²) in [5, 5.41) is -0.992. The van der Waals surface area contributed by atoms with Gasteiger partial charge >= 0.3 is 6.18 Å². The molecule has 1 amide bonds. The Bertz CT molecular complexity index is 686. The van der Waals surface area contributed by atoms with Crippen molar-refractivity contribution in [1.29, 1.82) is 0 Å². The van der Waals surface area contributed by atoms with Crippen LogP contribution in [0.2, 0.25) is 0 Å². The molecule has 0 aromatic heterocycles. The van der Waals surface area contributed by atoms with Gasteiger partial charge in [0.2, 0.25) is 5.91 Å². The quantitative estimate of drug-likeness (QED) is 0.802. The number of likely N-dealkylation sites (N-methyl/N-ethyl adjacent to an activating group) is 1. The third-order valence-corrected chi connectivity index (χ3v) is 6.02. The van der Waals surface area contributed by atoms with Gasteiger partial charge in [-0.3, -0.25) is 4.79 Å². The van der Waals surface area contributed by atoms with Crippen molar-refractivity contribution >= 4 is 15.7 Å². The lowest BCUT2D eigenvalue weighted by atomic mass is 10.2. The molecule has 0 N–H and O–H groups in total. The van der Waals surface area contributed by atoms with E-state index in [1.54, 1.807) is 0 Å². The summed E-state index contributed by atoms with van der Waals surface area (Å²) in [5.74, 6) is -0.194. The number of ether oxygens (including phenoxy) is 1. The highest BCUT2D eigenvalue weighted by Gasteiger charge is 2.38. The zero-order valence-corrected chi connectivity index (χ0v) is 13.9. The molecule has 2 rings (SSSR count). The second-order valence-corrected chi connectivity index (χ2v) is 7.93. The van der Waals surface area contributed by atoms with Crippen LogP contribution in [0, 0.1) is 0 Å². The number of hydrogen-bond acceptors (Lipinski definition) is 4. The van der Waals surface area contributed by atoms with Crippen molar-refractivity contribution in [1.82, 2.24) is 4.90 Å². The van der Waals surface area contributed by atoms with E-state index in [1.807, 2.05) is 0 Å². The van der Waals surface area contributed by atoms with Crippen molar-refractivity contribution in [2.24, 2.45) is 0 Å². The summed E-state index contributed by atoms with van der Waals surface area (Å²) in [6.45, 7) is 0.201. The zero-order valence-electron chi connectivity index (χ0n) is 13.0. The molecular formula is C15H18F3NO4S. The summed E-state index contributed by atoms with van der Waals surface area (Å²) in [7, 11) is -1.89. The largest absolute Gasteiger partial charge is 0.492 e. The van der Waals surface area contributed by atoms with Crippen LogP contribution in [0.3, 0.4) is 0 Å². The van der Waals surface area contributed by atoms with Gasteiger partial charge in [0.15, 0.2) is 9.84 Å². The van der Waals surface area contributed by atoms with E-state index in [0.29, 0.717) is 12.8 Å². The molecule has 0 bridgehead atoms. The van der Waals surface area contributed by atoms with E-state index in [9.17, 15) is 26.4 Å². The first-order valence-corrected chi connectivity index (χ1v) is 9.09. The fraction of sp³-hybridized carbons (Fsp3) is 0.533. The summed E-state index contributed by atoms with van der Waals surface area (Å²) >= 11 is 0. The minimum atomic E-state index is -4.40. The lowest BCUT2D eigenvalue weighted by Gasteiger charge is -2.20. The van der Waals surface area contributed by atoms with Crippen molar-refractivity contribution < 1.29 is 31.1 Å². The third-order valence-electron chi connectivity index (χ3n) is 3.86. The molecule has 134 valence electrons. The molecule has 24 heavy (non-hydrogen) atoms. The SMILES string of the molecule is CN(CCOc1ccc(C(F)(F)F)cc1)C(=O)C1CCCS1(=O)=O. The highest BCUT2D eigenvalue weighted by molar-refractivity contribution is 7.93. The Labute approximate surface area is 138 Å². The van der Waals surface area contributed by atoms with Gasteiger partial charge in [0.25, 0.3) is 0 Å². The van der Waals surface area contributed by atoms with E-state index in [4.69, 9.17) is 4.74 Å². The molecule has 1 aliphatic heterocycles. The maximum absolute atomic E-state index is 12.4. The smallest absolute Gasteiger partial charge is 0.416 e. The summed E-state index contributed by atoms with van der Waals surface area (Å²) < 4.78 is 66.1. The number of rotatable bonds is 5. The van der Waals surface area contributed by atoms with E-state index in [-0.39, 0.29) is 24.7 Å². The van der Waals surface area contributed by atoms with Crippen LogP contribution >= 0.6 is 0 Å². The number of carbonyl (C=O) groups is 1. The Morgan fingerprint density at radius 2 is 1.92 bits per heavy atom. The summed E-state index contributed by atoms with van der Waals surface area (Å²) in [6.07, 6.45) is -3.60. The van der Waals surface area contributed by atoms with Crippen molar-refractivity contribution in [2.75, 3.05) is 26.0 Å². The van der Waals surface area contributed by atoms with Crippen molar-refractivity contribution in [3.63, 3.8) is 0 Å². The Kier molecular flexibility index (Phi) is 5.42. The van der Waals surface area contributed by atoms with Gasteiger partial charge in [-0.05, 0) is 37.1 Å². The molecule has 0 saturated carbocycles. The summed E-state index contributed by atoms with van der Waals surface area (Å²) in [6, 6.07) is 4.22. The number of amides is 1. The first-order valence-electron chi connectivity index (χ1n) is 7.38. The van der Waals surface area contributed by atoms with Crippen LogP contribution in [0.1, 0.15) is 18.4 Å². The molecule has 1 aromatic rings. The van der Waals surface area contributed by atoms with E-state index in [1.165, 1.54) is 24.1 Å². The molecule has 1 saturated heterocycles. The summed E-state index contributed by atoms with van der Waals surface area (Å²) in [4.78, 5) is 13.4. The van der Waals surface area contributed by atoms with Gasteiger partial charge in [-0.1, -0.05) is 0 Å². The van der Waals surface area contributed by atoms with Gasteiger partial charge in [-0.15, -0.1) is 0 Å². The van der Waals surface area contributed by atoms with Gasteiger partial charge in [0.05, 0.1) is 17.9 Å². The number of carbonyl (C=O) groups excluding carboxylic acids is 1. The topological polar surface area (TPSA) is 63.7 Å². The van der Waals surface area contributed by atoms with E-state index >= 15 is 0 Å². The molecule has 0 spiro atoms. The fourth-order valence-corrected chi connectivity index (χ4v) is 4.33. The first-order chi connectivity index (χ1) is 11.1. The summed E-state index contributed by atoms with van der Waals surface area (Å²) in [5.41, 5.74) is -0.770. The average Bonchev–Trinajstić information content (AvgIpc) is 2.85. The first kappa shape index (κ1) is 18.6. The van der Waals surface area contributed by atoms with E-state index < -0.39 is 32.7 Å². The predicted molar refractivity (Wildman–Crippen MR) is 81.4 cm³/mol. The molecule has 1 aromatic carbocycles. The number of alkyl halides is 3. The minimum absolute atomic E-state index is 0.0271. The Hall–Kier alpha value is -1.77. The molecule has 1 fully saturated rings. The van der Waals surface area contributed by atoms with Gasteiger partial charge in [-0.25, -0.2) is 8.42 Å². The molecule has 9 heteroatoms. The maximum atomic E-state index is 12.4. The highest BCUT2D eigenvalue weighted by Crippen LogP contribution is 2.30. The van der Waals surface area contributed by atoms with Crippen molar-refractivity contribution in [3.05, 3.63) is 29.8 Å². The van der Waals surface area contributed by atoms with Crippen LogP contribution in [0.15, 0.2) is 24.3 Å². The second kappa shape index (κ2) is 7.00. The highest BCUT2D eigenvalue weighted by atomic mass is 32.2. The lowest BCUT2D eigenvalue weighted by molar-refractivity contribution is -0.137. The predicted octanol–water partition coefficient (Wildman–Crippen LogP) is 2.12. The standard InChI is InChI=1S/C15H18F3NO4S/c1-19(14(20)13-3-2-10-24(13,21)22)8-9-23-12-6-4-11(5-7-12)15(16,17)18/h4-7,13H,2-3,8-10H2,1H3. The Balaban J connectivity index is 1.84. The lowest BCUT2D eigenvalue weighted by Crippen LogP contribution is -2.40. The zero-order chi connectivity index (χ0) is 18.0. The molecule has 0 aliphatic carbocycles. The van der Waals surface area contributed by atoms with Crippen LogP contribution in [-0.4, -0.2) is 50.4 Å². The van der Waals surface area contributed by atoms with E-state index in [0.717, 1.165) is 12.1 Å². The van der Waals surface area contributed by atoms with Crippen LogP contribution in [0.25, 0.3) is 0 Å². The second-order valence-electron chi connectivity index (χ2n) is 5.63. The molecule has 5 nitrogen and oxygen atoms in total. The number of sulfone groups is 1. The van der Waals surface area contributed by atoms with E-state index in [2.05, 4.69) is 0 Å². The Morgan fingerprint density at radius 1 is 1.29 bits per heavy atom. The maximum Gasteiger partial charge on any atom is 0.416 e. The van der Waals surface area contributed by atoms with Crippen LogP contribution in [0.4, 0.5) is 13.2 Å². The fourth-order valence-electron chi connectivity index (χ4n) is 2.47. The van der Waals surface area contributed by atoms with Crippen LogP contribution < -0.4 is 4.74 Å². The van der Waals surface area contributed by atoms with Crippen molar-refractivity contribution in [3.8, 4) is 5.75 Å². The van der Waals surface area contributed by atoms with Gasteiger partial charge in [0.1, 0.15) is 17.6 Å². The molecule has 1 aliphatic rings. The molecule has 1 atom stereocenters. The molecule has 0 radical (unpaired) electrons. The molecule has 1 unspecified atom stereocenters. The van der Waals surface area contributed by atoms with Gasteiger partial charge in [0, 0.05) is 7.05 Å².